The molecule has 3 amide bonds. The van der Waals surface area contributed by atoms with E-state index in [2.05, 4.69) is 12.2 Å². The molecule has 1 saturated heterocycles. The van der Waals surface area contributed by atoms with Crippen molar-refractivity contribution in [2.75, 3.05) is 11.4 Å². The summed E-state index contributed by atoms with van der Waals surface area (Å²) in [6.45, 7) is 5.57. The summed E-state index contributed by atoms with van der Waals surface area (Å²) in [5, 5.41) is 2.63. The van der Waals surface area contributed by atoms with E-state index in [1.165, 1.54) is 5.56 Å². The molecule has 1 atom stereocenters. The smallest absolute Gasteiger partial charge is 0.242 e. The number of rotatable bonds is 7. The number of nitrogens with zero attached hydrogens (tertiary/aromatic N) is 1. The molecular weight excluding hydrogens is 318 g/mol. The number of carbonyl (C=O) groups is 3. The quantitative estimate of drug-likeness (QED) is 0.789. The SMILES string of the molecule is CCCCc1ccc(N2C[C@H](C(=O)NC(C)(C)C(N)=O)CC2=O)cc1. The monoisotopic (exact) mass is 345 g/mol. The number of amides is 3. The first-order valence-electron chi connectivity index (χ1n) is 8.76. The molecule has 3 N–H and O–H groups in total. The van der Waals surface area contributed by atoms with E-state index in [1.54, 1.807) is 18.7 Å². The number of benzene rings is 1. The Bertz CT molecular complexity index is 652. The fourth-order valence-corrected chi connectivity index (χ4v) is 2.83. The molecule has 0 radical (unpaired) electrons. The summed E-state index contributed by atoms with van der Waals surface area (Å²) in [4.78, 5) is 37.7. The standard InChI is InChI=1S/C19H27N3O3/c1-4-5-6-13-7-9-15(10-8-13)22-12-14(11-16(22)23)17(24)21-19(2,3)18(20)25/h7-10,14H,4-6,11-12H2,1-3H3,(H2,20,25)(H,21,24)/t14-/m1/s1. The Hall–Kier alpha value is -2.37. The number of carbonyl (C=O) groups excluding carboxylic acids is 3. The van der Waals surface area contributed by atoms with Crippen LogP contribution in [0.15, 0.2) is 24.3 Å². The van der Waals surface area contributed by atoms with E-state index in [1.807, 2.05) is 24.3 Å². The van der Waals surface area contributed by atoms with Crippen LogP contribution in [-0.4, -0.2) is 29.8 Å². The van der Waals surface area contributed by atoms with Gasteiger partial charge in [0.25, 0.3) is 0 Å². The topological polar surface area (TPSA) is 92.5 Å². The Labute approximate surface area is 148 Å². The van der Waals surface area contributed by atoms with E-state index in [4.69, 9.17) is 5.73 Å². The summed E-state index contributed by atoms with van der Waals surface area (Å²) < 4.78 is 0. The maximum absolute atomic E-state index is 12.4. The van der Waals surface area contributed by atoms with Crippen LogP contribution in [-0.2, 0) is 20.8 Å². The molecule has 6 heteroatoms. The van der Waals surface area contributed by atoms with Gasteiger partial charge in [0, 0.05) is 18.7 Å². The second kappa shape index (κ2) is 7.68. The van der Waals surface area contributed by atoms with E-state index in [0.717, 1.165) is 24.9 Å². The first-order chi connectivity index (χ1) is 11.7. The normalized spacial score (nSPS) is 17.6. The van der Waals surface area contributed by atoms with Crippen LogP contribution in [0.25, 0.3) is 0 Å². The maximum atomic E-state index is 12.4. The molecule has 1 aliphatic rings. The van der Waals surface area contributed by atoms with Crippen molar-refractivity contribution in [1.29, 1.82) is 0 Å². The van der Waals surface area contributed by atoms with Crippen LogP contribution in [0.5, 0.6) is 0 Å². The van der Waals surface area contributed by atoms with Crippen molar-refractivity contribution in [3.05, 3.63) is 29.8 Å². The average molecular weight is 345 g/mol. The van der Waals surface area contributed by atoms with Gasteiger partial charge in [0.2, 0.25) is 17.7 Å². The molecule has 0 spiro atoms. The molecule has 136 valence electrons. The van der Waals surface area contributed by atoms with Crippen molar-refractivity contribution in [3.8, 4) is 0 Å². The first kappa shape index (κ1) is 19.0. The van der Waals surface area contributed by atoms with Gasteiger partial charge in [0.05, 0.1) is 5.92 Å². The van der Waals surface area contributed by atoms with Crippen LogP contribution in [0.3, 0.4) is 0 Å². The summed E-state index contributed by atoms with van der Waals surface area (Å²) >= 11 is 0. The van der Waals surface area contributed by atoms with Crippen LogP contribution in [0.2, 0.25) is 0 Å². The van der Waals surface area contributed by atoms with E-state index in [0.29, 0.717) is 6.54 Å². The lowest BCUT2D eigenvalue weighted by atomic mass is 10.0. The molecule has 1 fully saturated rings. The summed E-state index contributed by atoms with van der Waals surface area (Å²) in [6.07, 6.45) is 3.45. The Kier molecular flexibility index (Phi) is 5.82. The molecular formula is C19H27N3O3. The molecule has 1 aromatic carbocycles. The van der Waals surface area contributed by atoms with Crippen LogP contribution in [0, 0.1) is 5.92 Å². The van der Waals surface area contributed by atoms with Gasteiger partial charge in [-0.05, 0) is 44.4 Å². The first-order valence-corrected chi connectivity index (χ1v) is 8.76. The van der Waals surface area contributed by atoms with Crippen molar-refractivity contribution in [1.82, 2.24) is 5.32 Å². The Balaban J connectivity index is 2.02. The number of nitrogens with two attached hydrogens (primary N) is 1. The van der Waals surface area contributed by atoms with Crippen molar-refractivity contribution in [2.45, 2.75) is 52.0 Å². The van der Waals surface area contributed by atoms with E-state index in [9.17, 15) is 14.4 Å². The third kappa shape index (κ3) is 4.59. The van der Waals surface area contributed by atoms with Gasteiger partial charge in [-0.25, -0.2) is 0 Å². The van der Waals surface area contributed by atoms with E-state index in [-0.39, 0.29) is 18.2 Å². The molecule has 0 saturated carbocycles. The summed E-state index contributed by atoms with van der Waals surface area (Å²) in [5.41, 5.74) is 6.20. The van der Waals surface area contributed by atoms with Crippen LogP contribution in [0.1, 0.15) is 45.6 Å². The number of unbranched alkanes of at least 4 members (excludes halogenated alkanes) is 1. The van der Waals surface area contributed by atoms with Gasteiger partial charge in [0.1, 0.15) is 5.54 Å². The van der Waals surface area contributed by atoms with Crippen LogP contribution >= 0.6 is 0 Å². The number of aryl methyl sites for hydroxylation is 1. The lowest BCUT2D eigenvalue weighted by molar-refractivity contribution is -0.132. The largest absolute Gasteiger partial charge is 0.368 e. The highest BCUT2D eigenvalue weighted by molar-refractivity contribution is 6.01. The third-order valence-electron chi connectivity index (χ3n) is 4.61. The Morgan fingerprint density at radius 1 is 1.28 bits per heavy atom. The summed E-state index contributed by atoms with van der Waals surface area (Å²) in [7, 11) is 0. The average Bonchev–Trinajstić information content (AvgIpc) is 2.95. The molecule has 6 nitrogen and oxygen atoms in total. The van der Waals surface area contributed by atoms with Crippen molar-refractivity contribution in [2.24, 2.45) is 11.7 Å². The number of hydrogen-bond donors (Lipinski definition) is 2. The van der Waals surface area contributed by atoms with Gasteiger partial charge >= 0.3 is 0 Å². The minimum Gasteiger partial charge on any atom is -0.368 e. The van der Waals surface area contributed by atoms with Gasteiger partial charge < -0.3 is 16.0 Å². The molecule has 2 rings (SSSR count). The molecule has 0 bridgehead atoms. The second-order valence-electron chi connectivity index (χ2n) is 7.15. The molecule has 0 aliphatic carbocycles. The lowest BCUT2D eigenvalue weighted by Crippen LogP contribution is -2.54. The number of nitrogens with one attached hydrogen (secondary N) is 1. The molecule has 1 aliphatic heterocycles. The molecule has 0 unspecified atom stereocenters. The van der Waals surface area contributed by atoms with Crippen LogP contribution < -0.4 is 16.0 Å². The Morgan fingerprint density at radius 3 is 2.48 bits per heavy atom. The van der Waals surface area contributed by atoms with Crippen molar-refractivity contribution < 1.29 is 14.4 Å². The highest BCUT2D eigenvalue weighted by Crippen LogP contribution is 2.26. The predicted octanol–water partition coefficient (Wildman–Crippen LogP) is 1.76. The summed E-state index contributed by atoms with van der Waals surface area (Å²) in [5.74, 6) is -1.49. The van der Waals surface area contributed by atoms with Crippen molar-refractivity contribution in [3.63, 3.8) is 0 Å². The van der Waals surface area contributed by atoms with Crippen LogP contribution in [0.4, 0.5) is 5.69 Å². The number of primary amides is 1. The van der Waals surface area contributed by atoms with Gasteiger partial charge in [-0.3, -0.25) is 14.4 Å². The zero-order valence-corrected chi connectivity index (χ0v) is 15.2. The fraction of sp³-hybridized carbons (Fsp3) is 0.526. The molecule has 1 aromatic rings. The lowest BCUT2D eigenvalue weighted by Gasteiger charge is -2.24. The second-order valence-corrected chi connectivity index (χ2v) is 7.15. The predicted molar refractivity (Wildman–Crippen MR) is 96.9 cm³/mol. The molecule has 0 aromatic heterocycles. The van der Waals surface area contributed by atoms with Gasteiger partial charge in [-0.15, -0.1) is 0 Å². The van der Waals surface area contributed by atoms with Crippen molar-refractivity contribution >= 4 is 23.4 Å². The highest BCUT2D eigenvalue weighted by Gasteiger charge is 2.38. The van der Waals surface area contributed by atoms with Gasteiger partial charge in [0.15, 0.2) is 0 Å². The minimum absolute atomic E-state index is 0.0849. The highest BCUT2D eigenvalue weighted by atomic mass is 16.2. The third-order valence-corrected chi connectivity index (χ3v) is 4.61. The van der Waals surface area contributed by atoms with E-state index >= 15 is 0 Å². The Morgan fingerprint density at radius 2 is 1.92 bits per heavy atom. The number of anilines is 1. The summed E-state index contributed by atoms with van der Waals surface area (Å²) in [6, 6.07) is 7.91. The van der Waals surface area contributed by atoms with E-state index < -0.39 is 17.4 Å². The number of hydrogen-bond acceptors (Lipinski definition) is 3. The zero-order chi connectivity index (χ0) is 18.6. The fourth-order valence-electron chi connectivity index (χ4n) is 2.83. The van der Waals surface area contributed by atoms with Gasteiger partial charge in [-0.2, -0.15) is 0 Å². The minimum atomic E-state index is -1.13. The zero-order valence-electron chi connectivity index (χ0n) is 15.2. The maximum Gasteiger partial charge on any atom is 0.242 e. The molecule has 25 heavy (non-hydrogen) atoms. The van der Waals surface area contributed by atoms with Gasteiger partial charge in [-0.1, -0.05) is 25.5 Å². The molecule has 1 heterocycles.